The van der Waals surface area contributed by atoms with Gasteiger partial charge in [-0.1, -0.05) is 0 Å². The SMILES string of the molecule is CC(C)(C)OC(=O)Nc1c(C(=O)O)cnn1CCOS(C)(=O)=O. The van der Waals surface area contributed by atoms with Gasteiger partial charge in [0.05, 0.1) is 25.6 Å². The van der Waals surface area contributed by atoms with Gasteiger partial charge in [0, 0.05) is 0 Å². The molecule has 0 saturated heterocycles. The van der Waals surface area contributed by atoms with Crippen molar-refractivity contribution in [3.05, 3.63) is 11.8 Å². The topological polar surface area (TPSA) is 137 Å². The van der Waals surface area contributed by atoms with Crippen molar-refractivity contribution < 1.29 is 32.0 Å². The maximum Gasteiger partial charge on any atom is 0.413 e. The number of ether oxygens (including phenoxy) is 1. The minimum Gasteiger partial charge on any atom is -0.477 e. The zero-order valence-corrected chi connectivity index (χ0v) is 14.0. The van der Waals surface area contributed by atoms with Crippen LogP contribution >= 0.6 is 0 Å². The first-order valence-corrected chi connectivity index (χ1v) is 8.34. The molecule has 10 nitrogen and oxygen atoms in total. The first-order chi connectivity index (χ1) is 10.4. The Hall–Kier alpha value is -2.14. The Morgan fingerprint density at radius 1 is 1.39 bits per heavy atom. The largest absolute Gasteiger partial charge is 0.477 e. The van der Waals surface area contributed by atoms with Crippen molar-refractivity contribution in [3.63, 3.8) is 0 Å². The van der Waals surface area contributed by atoms with Gasteiger partial charge in [0.2, 0.25) is 0 Å². The van der Waals surface area contributed by atoms with E-state index in [9.17, 15) is 18.0 Å². The molecule has 0 fully saturated rings. The van der Waals surface area contributed by atoms with E-state index in [4.69, 9.17) is 9.84 Å². The lowest BCUT2D eigenvalue weighted by atomic mass is 10.2. The third-order valence-corrected chi connectivity index (χ3v) is 2.88. The third-order valence-electron chi connectivity index (χ3n) is 2.29. The number of carbonyl (C=O) groups excluding carboxylic acids is 1. The number of anilines is 1. The number of aromatic carboxylic acids is 1. The van der Waals surface area contributed by atoms with Crippen LogP contribution in [0.5, 0.6) is 0 Å². The Morgan fingerprint density at radius 2 is 2.00 bits per heavy atom. The van der Waals surface area contributed by atoms with Gasteiger partial charge in [0.15, 0.2) is 0 Å². The lowest BCUT2D eigenvalue weighted by Crippen LogP contribution is -2.28. The summed E-state index contributed by atoms with van der Waals surface area (Å²) >= 11 is 0. The number of hydrogen-bond acceptors (Lipinski definition) is 7. The Balaban J connectivity index is 2.91. The quantitative estimate of drug-likeness (QED) is 0.723. The van der Waals surface area contributed by atoms with Gasteiger partial charge in [-0.25, -0.2) is 14.3 Å². The smallest absolute Gasteiger partial charge is 0.413 e. The zero-order chi connectivity index (χ0) is 17.8. The lowest BCUT2D eigenvalue weighted by Gasteiger charge is -2.20. The lowest BCUT2D eigenvalue weighted by molar-refractivity contribution is 0.0634. The van der Waals surface area contributed by atoms with Crippen molar-refractivity contribution in [1.29, 1.82) is 0 Å². The highest BCUT2D eigenvalue weighted by atomic mass is 32.2. The van der Waals surface area contributed by atoms with Gasteiger partial charge >= 0.3 is 12.1 Å². The molecule has 1 heterocycles. The number of hydrogen-bond donors (Lipinski definition) is 2. The highest BCUT2D eigenvalue weighted by Crippen LogP contribution is 2.17. The first-order valence-electron chi connectivity index (χ1n) is 6.52. The van der Waals surface area contributed by atoms with Gasteiger partial charge in [0.1, 0.15) is 17.0 Å². The number of carboxylic acid groups (broad SMARTS) is 1. The molecule has 0 bridgehead atoms. The number of nitrogens with zero attached hydrogens (tertiary/aromatic N) is 2. The van der Waals surface area contributed by atoms with E-state index in [1.165, 1.54) is 0 Å². The molecule has 2 N–H and O–H groups in total. The highest BCUT2D eigenvalue weighted by Gasteiger charge is 2.22. The van der Waals surface area contributed by atoms with Crippen molar-refractivity contribution in [2.45, 2.75) is 32.9 Å². The predicted molar refractivity (Wildman–Crippen MR) is 79.8 cm³/mol. The van der Waals surface area contributed by atoms with Crippen LogP contribution in [-0.4, -0.2) is 53.8 Å². The Morgan fingerprint density at radius 3 is 2.48 bits per heavy atom. The number of carboxylic acids is 1. The van der Waals surface area contributed by atoms with E-state index in [0.29, 0.717) is 0 Å². The fraction of sp³-hybridized carbons (Fsp3) is 0.583. The van der Waals surface area contributed by atoms with Crippen LogP contribution in [0.15, 0.2) is 6.20 Å². The summed E-state index contributed by atoms with van der Waals surface area (Å²) in [6.07, 6.45) is 1.07. The minimum absolute atomic E-state index is 0.0779. The second-order valence-corrected chi connectivity index (χ2v) is 7.23. The first kappa shape index (κ1) is 18.9. The molecule has 1 rings (SSSR count). The summed E-state index contributed by atoms with van der Waals surface area (Å²) in [6.45, 7) is 4.62. The molecule has 0 atom stereocenters. The van der Waals surface area contributed by atoms with E-state index in [1.807, 2.05) is 0 Å². The normalized spacial score (nSPS) is 12.0. The molecule has 1 amide bonds. The zero-order valence-electron chi connectivity index (χ0n) is 13.2. The maximum atomic E-state index is 11.8. The number of rotatable bonds is 6. The van der Waals surface area contributed by atoms with Crippen molar-refractivity contribution in [2.75, 3.05) is 18.2 Å². The second kappa shape index (κ2) is 6.96. The van der Waals surface area contributed by atoms with Gasteiger partial charge in [-0.05, 0) is 20.8 Å². The summed E-state index contributed by atoms with van der Waals surface area (Å²) < 4.78 is 32.6. The Bertz CT molecular complexity index is 688. The van der Waals surface area contributed by atoms with Crippen LogP contribution in [0, 0.1) is 0 Å². The fourth-order valence-corrected chi connectivity index (χ4v) is 1.90. The molecule has 0 unspecified atom stereocenters. The Kier molecular flexibility index (Phi) is 5.72. The monoisotopic (exact) mass is 349 g/mol. The fourth-order valence-electron chi connectivity index (χ4n) is 1.52. The summed E-state index contributed by atoms with van der Waals surface area (Å²) in [5.41, 5.74) is -1.02. The van der Waals surface area contributed by atoms with E-state index in [2.05, 4.69) is 14.6 Å². The molecule has 23 heavy (non-hydrogen) atoms. The van der Waals surface area contributed by atoms with Crippen LogP contribution in [0.1, 0.15) is 31.1 Å². The summed E-state index contributed by atoms with van der Waals surface area (Å²) in [5.74, 6) is -1.42. The summed E-state index contributed by atoms with van der Waals surface area (Å²) in [5, 5.41) is 15.2. The number of nitrogens with one attached hydrogen (secondary N) is 1. The van der Waals surface area contributed by atoms with Crippen LogP contribution in [0.2, 0.25) is 0 Å². The van der Waals surface area contributed by atoms with E-state index in [0.717, 1.165) is 17.1 Å². The van der Waals surface area contributed by atoms with Crippen LogP contribution in [0.25, 0.3) is 0 Å². The molecule has 1 aromatic rings. The minimum atomic E-state index is -3.63. The Labute approximate surface area is 133 Å². The molecule has 0 spiro atoms. The van der Waals surface area contributed by atoms with Crippen molar-refractivity contribution in [3.8, 4) is 0 Å². The molecule has 11 heteroatoms. The number of aromatic nitrogens is 2. The molecule has 0 aliphatic rings. The average molecular weight is 349 g/mol. The average Bonchev–Trinajstić information content (AvgIpc) is 2.68. The van der Waals surface area contributed by atoms with Gasteiger partial charge in [-0.3, -0.25) is 9.50 Å². The highest BCUT2D eigenvalue weighted by molar-refractivity contribution is 7.85. The van der Waals surface area contributed by atoms with Crippen LogP contribution in [-0.2, 0) is 25.6 Å². The molecule has 0 aliphatic carbocycles. The number of carbonyl (C=O) groups is 2. The molecule has 130 valence electrons. The van der Waals surface area contributed by atoms with Crippen LogP contribution in [0.3, 0.4) is 0 Å². The van der Waals surface area contributed by atoms with E-state index in [1.54, 1.807) is 20.8 Å². The molecule has 0 radical (unpaired) electrons. The summed E-state index contributed by atoms with van der Waals surface area (Å²) in [6, 6.07) is 0. The van der Waals surface area contributed by atoms with Crippen LogP contribution in [0.4, 0.5) is 10.6 Å². The van der Waals surface area contributed by atoms with E-state index < -0.39 is 27.8 Å². The molecular formula is C12H19N3O7S. The summed E-state index contributed by atoms with van der Waals surface area (Å²) in [4.78, 5) is 23.0. The van der Waals surface area contributed by atoms with Gasteiger partial charge in [-0.15, -0.1) is 0 Å². The third kappa shape index (κ3) is 6.65. The standard InChI is InChI=1S/C12H19N3O7S/c1-12(2,3)22-11(18)14-9-8(10(16)17)7-13-15(9)5-6-21-23(4,19)20/h7H,5-6H2,1-4H3,(H,14,18)(H,16,17). The second-order valence-electron chi connectivity index (χ2n) is 5.59. The van der Waals surface area contributed by atoms with Crippen LogP contribution < -0.4 is 5.32 Å². The number of amides is 1. The van der Waals surface area contributed by atoms with Gasteiger partial charge in [-0.2, -0.15) is 13.5 Å². The molecule has 1 aromatic heterocycles. The van der Waals surface area contributed by atoms with Crippen molar-refractivity contribution in [1.82, 2.24) is 9.78 Å². The predicted octanol–water partition coefficient (Wildman–Crippen LogP) is 0.905. The van der Waals surface area contributed by atoms with E-state index >= 15 is 0 Å². The van der Waals surface area contributed by atoms with Gasteiger partial charge in [0.25, 0.3) is 10.1 Å². The van der Waals surface area contributed by atoms with Gasteiger partial charge < -0.3 is 9.84 Å². The van der Waals surface area contributed by atoms with Crippen molar-refractivity contribution >= 4 is 28.0 Å². The summed E-state index contributed by atoms with van der Waals surface area (Å²) in [7, 11) is -3.63. The molecular weight excluding hydrogens is 330 g/mol. The molecule has 0 saturated carbocycles. The maximum absolute atomic E-state index is 11.8. The van der Waals surface area contributed by atoms with Crippen molar-refractivity contribution in [2.24, 2.45) is 0 Å². The molecule has 0 aromatic carbocycles. The molecule has 0 aliphatic heterocycles. The van der Waals surface area contributed by atoms with E-state index in [-0.39, 0.29) is 24.5 Å².